The van der Waals surface area contributed by atoms with E-state index >= 15 is 0 Å². The Hall–Kier alpha value is -1.11. The molecule has 0 saturated carbocycles. The van der Waals surface area contributed by atoms with E-state index in [-0.39, 0.29) is 5.75 Å². The Balaban J connectivity index is 2.48. The van der Waals surface area contributed by atoms with Gasteiger partial charge in [0, 0.05) is 6.54 Å². The quantitative estimate of drug-likeness (QED) is 0.684. The maximum atomic E-state index is 11.7. The molecule has 0 aliphatic heterocycles. The van der Waals surface area contributed by atoms with Gasteiger partial charge in [0.1, 0.15) is 5.75 Å². The zero-order chi connectivity index (χ0) is 13.4. The molecule has 102 valence electrons. The van der Waals surface area contributed by atoms with Crippen LogP contribution in [-0.4, -0.2) is 34.9 Å². The van der Waals surface area contributed by atoms with Crippen molar-refractivity contribution < 1.29 is 13.2 Å². The van der Waals surface area contributed by atoms with Gasteiger partial charge in [-0.05, 0) is 37.7 Å². The Kier molecular flexibility index (Phi) is 6.11. The summed E-state index contributed by atoms with van der Waals surface area (Å²) in [6, 6.07) is 7.34. The largest absolute Gasteiger partial charge is 0.497 e. The van der Waals surface area contributed by atoms with Crippen LogP contribution in [0.15, 0.2) is 24.3 Å². The molecule has 0 unspecified atom stereocenters. The number of methoxy groups -OCH3 is 1. The smallest absolute Gasteiger partial charge is 0.211 e. The lowest BCUT2D eigenvalue weighted by Gasteiger charge is -2.07. The number of hydrogen-bond acceptors (Lipinski definition) is 4. The molecule has 0 bridgehead atoms. The van der Waals surface area contributed by atoms with Gasteiger partial charge in [-0.1, -0.05) is 12.1 Å². The van der Waals surface area contributed by atoms with Gasteiger partial charge in [-0.25, -0.2) is 13.1 Å². The molecule has 0 atom stereocenters. The Morgan fingerprint density at radius 3 is 2.78 bits per heavy atom. The monoisotopic (exact) mass is 272 g/mol. The van der Waals surface area contributed by atoms with Crippen LogP contribution in [0.4, 0.5) is 0 Å². The van der Waals surface area contributed by atoms with Gasteiger partial charge >= 0.3 is 0 Å². The molecular weight excluding hydrogens is 252 g/mol. The molecule has 0 amide bonds. The Morgan fingerprint density at radius 1 is 1.33 bits per heavy atom. The van der Waals surface area contributed by atoms with Crippen molar-refractivity contribution in [3.05, 3.63) is 29.8 Å². The number of sulfonamides is 1. The normalized spacial score (nSPS) is 11.4. The number of hydrogen-bond donors (Lipinski definition) is 2. The molecule has 0 fully saturated rings. The minimum absolute atomic E-state index is 0.137. The average molecular weight is 272 g/mol. The standard InChI is InChI=1S/C12H20N2O3S/c1-13-7-4-8-18(15,16)14-10-11-5-3-6-12(9-11)17-2/h3,5-6,9,13-14H,4,7-8,10H2,1-2H3. The highest BCUT2D eigenvalue weighted by Crippen LogP contribution is 2.12. The minimum Gasteiger partial charge on any atom is -0.497 e. The average Bonchev–Trinajstić information content (AvgIpc) is 2.37. The third kappa shape index (κ3) is 5.48. The lowest BCUT2D eigenvalue weighted by molar-refractivity contribution is 0.414. The van der Waals surface area contributed by atoms with Crippen molar-refractivity contribution in [2.24, 2.45) is 0 Å². The molecule has 6 heteroatoms. The minimum atomic E-state index is -3.20. The molecule has 0 saturated heterocycles. The van der Waals surface area contributed by atoms with Gasteiger partial charge in [-0.2, -0.15) is 0 Å². The van der Waals surface area contributed by atoms with Crippen LogP contribution in [0.1, 0.15) is 12.0 Å². The fourth-order valence-electron chi connectivity index (χ4n) is 1.49. The third-order valence-electron chi connectivity index (χ3n) is 2.47. The van der Waals surface area contributed by atoms with E-state index < -0.39 is 10.0 Å². The molecule has 5 nitrogen and oxygen atoms in total. The van der Waals surface area contributed by atoms with Crippen LogP contribution in [0.3, 0.4) is 0 Å². The lowest BCUT2D eigenvalue weighted by atomic mass is 10.2. The zero-order valence-corrected chi connectivity index (χ0v) is 11.6. The van der Waals surface area contributed by atoms with E-state index in [0.29, 0.717) is 19.5 Å². The molecular formula is C12H20N2O3S. The van der Waals surface area contributed by atoms with Gasteiger partial charge in [-0.15, -0.1) is 0 Å². The predicted molar refractivity (Wildman–Crippen MR) is 72.2 cm³/mol. The molecule has 1 rings (SSSR count). The van der Waals surface area contributed by atoms with E-state index in [4.69, 9.17) is 4.74 Å². The summed E-state index contributed by atoms with van der Waals surface area (Å²) >= 11 is 0. The fraction of sp³-hybridized carbons (Fsp3) is 0.500. The molecule has 0 aliphatic rings. The topological polar surface area (TPSA) is 67.4 Å². The van der Waals surface area contributed by atoms with Crippen LogP contribution in [0.2, 0.25) is 0 Å². The first-order valence-corrected chi connectivity index (χ1v) is 7.47. The fourth-order valence-corrected chi connectivity index (χ4v) is 2.54. The summed E-state index contributed by atoms with van der Waals surface area (Å²) in [5, 5.41) is 2.92. The highest BCUT2D eigenvalue weighted by molar-refractivity contribution is 7.89. The summed E-state index contributed by atoms with van der Waals surface area (Å²) in [6.45, 7) is 0.985. The molecule has 0 aromatic heterocycles. The van der Waals surface area contributed by atoms with E-state index in [2.05, 4.69) is 10.0 Å². The number of rotatable bonds is 8. The van der Waals surface area contributed by atoms with Crippen molar-refractivity contribution in [2.75, 3.05) is 26.5 Å². The van der Waals surface area contributed by atoms with Crippen LogP contribution in [0.5, 0.6) is 5.75 Å². The summed E-state index contributed by atoms with van der Waals surface area (Å²) < 4.78 is 31.0. The number of nitrogens with one attached hydrogen (secondary N) is 2. The molecule has 1 aromatic carbocycles. The van der Waals surface area contributed by atoms with Crippen molar-refractivity contribution in [3.63, 3.8) is 0 Å². The lowest BCUT2D eigenvalue weighted by Crippen LogP contribution is -2.27. The summed E-state index contributed by atoms with van der Waals surface area (Å²) in [5.74, 6) is 0.861. The van der Waals surface area contributed by atoms with Crippen LogP contribution in [0, 0.1) is 0 Å². The van der Waals surface area contributed by atoms with E-state index in [1.165, 1.54) is 0 Å². The summed E-state index contributed by atoms with van der Waals surface area (Å²) in [6.07, 6.45) is 0.601. The Bertz CT molecular complexity index is 460. The first-order chi connectivity index (χ1) is 8.57. The van der Waals surface area contributed by atoms with Crippen LogP contribution < -0.4 is 14.8 Å². The molecule has 2 N–H and O–H groups in total. The van der Waals surface area contributed by atoms with Gasteiger partial charge in [0.05, 0.1) is 12.9 Å². The van der Waals surface area contributed by atoms with Gasteiger partial charge in [0.2, 0.25) is 10.0 Å². The summed E-state index contributed by atoms with van der Waals surface area (Å²) in [7, 11) is 0.184. The SMILES string of the molecule is CNCCCS(=O)(=O)NCc1cccc(OC)c1. The van der Waals surface area contributed by atoms with E-state index in [1.54, 1.807) is 14.2 Å². The second-order valence-corrected chi connectivity index (χ2v) is 5.88. The van der Waals surface area contributed by atoms with Gasteiger partial charge < -0.3 is 10.1 Å². The summed E-state index contributed by atoms with van der Waals surface area (Å²) in [5.41, 5.74) is 0.881. The van der Waals surface area contributed by atoms with Gasteiger partial charge in [0.15, 0.2) is 0 Å². The van der Waals surface area contributed by atoms with Gasteiger partial charge in [-0.3, -0.25) is 0 Å². The summed E-state index contributed by atoms with van der Waals surface area (Å²) in [4.78, 5) is 0. The molecule has 1 aromatic rings. The third-order valence-corrected chi connectivity index (χ3v) is 3.88. The van der Waals surface area contributed by atoms with E-state index in [1.807, 2.05) is 24.3 Å². The van der Waals surface area contributed by atoms with Crippen LogP contribution in [-0.2, 0) is 16.6 Å². The van der Waals surface area contributed by atoms with Crippen molar-refractivity contribution in [1.82, 2.24) is 10.0 Å². The van der Waals surface area contributed by atoms with Crippen molar-refractivity contribution >= 4 is 10.0 Å². The van der Waals surface area contributed by atoms with Gasteiger partial charge in [0.25, 0.3) is 0 Å². The molecule has 0 spiro atoms. The Morgan fingerprint density at radius 2 is 2.11 bits per heavy atom. The Labute approximate surface area is 109 Å². The van der Waals surface area contributed by atoms with Crippen molar-refractivity contribution in [1.29, 1.82) is 0 Å². The molecule has 0 aliphatic carbocycles. The van der Waals surface area contributed by atoms with Crippen molar-refractivity contribution in [2.45, 2.75) is 13.0 Å². The van der Waals surface area contributed by atoms with E-state index in [0.717, 1.165) is 11.3 Å². The first kappa shape index (κ1) is 14.9. The van der Waals surface area contributed by atoms with Crippen LogP contribution in [0.25, 0.3) is 0 Å². The number of ether oxygens (including phenoxy) is 1. The maximum absolute atomic E-state index is 11.7. The highest BCUT2D eigenvalue weighted by Gasteiger charge is 2.09. The second kappa shape index (κ2) is 7.35. The predicted octanol–water partition coefficient (Wildman–Crippen LogP) is 0.724. The van der Waals surface area contributed by atoms with Crippen molar-refractivity contribution in [3.8, 4) is 5.75 Å². The zero-order valence-electron chi connectivity index (χ0n) is 10.8. The van der Waals surface area contributed by atoms with Crippen LogP contribution >= 0.6 is 0 Å². The molecule has 18 heavy (non-hydrogen) atoms. The van der Waals surface area contributed by atoms with E-state index in [9.17, 15) is 8.42 Å². The first-order valence-electron chi connectivity index (χ1n) is 5.82. The maximum Gasteiger partial charge on any atom is 0.211 e. The molecule has 0 radical (unpaired) electrons. The molecule has 0 heterocycles. The number of benzene rings is 1. The highest BCUT2D eigenvalue weighted by atomic mass is 32.2. The second-order valence-electron chi connectivity index (χ2n) is 3.95.